The highest BCUT2D eigenvalue weighted by Crippen LogP contribution is 2.21. The molecule has 2 aromatic rings. The summed E-state index contributed by atoms with van der Waals surface area (Å²) in [7, 11) is 2.22. The quantitative estimate of drug-likeness (QED) is 0.847. The monoisotopic (exact) mass is 258 g/mol. The van der Waals surface area contributed by atoms with Crippen LogP contribution in [0.3, 0.4) is 0 Å². The van der Waals surface area contributed by atoms with E-state index in [9.17, 15) is 0 Å². The Morgan fingerprint density at radius 2 is 2.32 bits per heavy atom. The summed E-state index contributed by atoms with van der Waals surface area (Å²) in [5, 5.41) is 0. The molecule has 2 aromatic heterocycles. The van der Waals surface area contributed by atoms with Gasteiger partial charge in [0.15, 0.2) is 5.65 Å². The van der Waals surface area contributed by atoms with Crippen LogP contribution in [0.15, 0.2) is 18.3 Å². The molecule has 1 unspecified atom stereocenters. The van der Waals surface area contributed by atoms with Crippen LogP contribution in [0.4, 0.5) is 0 Å². The number of hydrogen-bond acceptors (Lipinski definition) is 3. The molecule has 1 fully saturated rings. The molecule has 0 bridgehead atoms. The minimum absolute atomic E-state index is 0.725. The minimum Gasteiger partial charge on any atom is -0.312 e. The summed E-state index contributed by atoms with van der Waals surface area (Å²) in [4.78, 5) is 11.7. The first-order valence-electron chi connectivity index (χ1n) is 7.26. The SMILES string of the molecule is CCc1nc2cccnc2n1CC1CCCN(C)C1. The Morgan fingerprint density at radius 1 is 1.42 bits per heavy atom. The van der Waals surface area contributed by atoms with Crippen molar-refractivity contribution in [3.63, 3.8) is 0 Å². The average molecular weight is 258 g/mol. The van der Waals surface area contributed by atoms with Crippen LogP contribution in [0.2, 0.25) is 0 Å². The first-order valence-corrected chi connectivity index (χ1v) is 7.26. The molecule has 0 amide bonds. The van der Waals surface area contributed by atoms with Gasteiger partial charge in [0.05, 0.1) is 0 Å². The molecule has 1 saturated heterocycles. The van der Waals surface area contributed by atoms with E-state index in [1.807, 2.05) is 12.3 Å². The summed E-state index contributed by atoms with van der Waals surface area (Å²) in [5.41, 5.74) is 2.08. The Labute approximate surface area is 114 Å². The maximum Gasteiger partial charge on any atom is 0.159 e. The van der Waals surface area contributed by atoms with E-state index in [0.29, 0.717) is 0 Å². The Morgan fingerprint density at radius 3 is 3.11 bits per heavy atom. The molecule has 3 rings (SSSR count). The summed E-state index contributed by atoms with van der Waals surface area (Å²) in [6.07, 6.45) is 5.47. The van der Waals surface area contributed by atoms with Crippen LogP contribution in [0.1, 0.15) is 25.6 Å². The van der Waals surface area contributed by atoms with E-state index in [1.165, 1.54) is 31.8 Å². The van der Waals surface area contributed by atoms with E-state index in [2.05, 4.69) is 34.5 Å². The smallest absolute Gasteiger partial charge is 0.159 e. The van der Waals surface area contributed by atoms with Crippen LogP contribution in [0.25, 0.3) is 11.2 Å². The number of aryl methyl sites for hydroxylation is 1. The van der Waals surface area contributed by atoms with Gasteiger partial charge in [-0.25, -0.2) is 9.97 Å². The molecule has 0 N–H and O–H groups in total. The van der Waals surface area contributed by atoms with Crippen LogP contribution in [-0.4, -0.2) is 39.6 Å². The Balaban J connectivity index is 1.90. The van der Waals surface area contributed by atoms with Gasteiger partial charge in [-0.3, -0.25) is 0 Å². The molecule has 1 aliphatic heterocycles. The molecular weight excluding hydrogens is 236 g/mol. The first-order chi connectivity index (χ1) is 9.28. The zero-order valence-corrected chi connectivity index (χ0v) is 11.8. The molecule has 4 heteroatoms. The molecule has 102 valence electrons. The molecule has 3 heterocycles. The largest absolute Gasteiger partial charge is 0.312 e. The highest BCUT2D eigenvalue weighted by molar-refractivity contribution is 5.71. The van der Waals surface area contributed by atoms with Crippen molar-refractivity contribution in [1.82, 2.24) is 19.4 Å². The highest BCUT2D eigenvalue weighted by atomic mass is 15.1. The van der Waals surface area contributed by atoms with E-state index in [0.717, 1.165) is 30.0 Å². The van der Waals surface area contributed by atoms with Gasteiger partial charge in [-0.15, -0.1) is 0 Å². The Bertz CT molecular complexity index is 560. The number of pyridine rings is 1. The molecule has 0 spiro atoms. The third-order valence-corrected chi connectivity index (χ3v) is 4.06. The van der Waals surface area contributed by atoms with Crippen molar-refractivity contribution in [1.29, 1.82) is 0 Å². The average Bonchev–Trinajstić information content (AvgIpc) is 2.77. The summed E-state index contributed by atoms with van der Waals surface area (Å²) in [6.45, 7) is 5.65. The predicted octanol–water partition coefficient (Wildman–Crippen LogP) is 2.34. The number of rotatable bonds is 3. The lowest BCUT2D eigenvalue weighted by Gasteiger charge is -2.30. The van der Waals surface area contributed by atoms with Crippen LogP contribution in [0, 0.1) is 5.92 Å². The van der Waals surface area contributed by atoms with E-state index in [1.54, 1.807) is 0 Å². The maximum atomic E-state index is 4.70. The second-order valence-electron chi connectivity index (χ2n) is 5.61. The summed E-state index contributed by atoms with van der Waals surface area (Å²) < 4.78 is 2.33. The summed E-state index contributed by atoms with van der Waals surface area (Å²) >= 11 is 0. The summed E-state index contributed by atoms with van der Waals surface area (Å²) in [5.74, 6) is 1.89. The molecule has 0 aromatic carbocycles. The lowest BCUT2D eigenvalue weighted by Crippen LogP contribution is -2.34. The standard InChI is InChI=1S/C15H22N4/c1-3-14-17-13-7-4-8-16-15(13)19(14)11-12-6-5-9-18(2)10-12/h4,7-8,12H,3,5-6,9-11H2,1-2H3. The van der Waals surface area contributed by atoms with E-state index >= 15 is 0 Å². The molecule has 4 nitrogen and oxygen atoms in total. The van der Waals surface area contributed by atoms with Crippen molar-refractivity contribution >= 4 is 11.2 Å². The molecule has 0 aliphatic carbocycles. The highest BCUT2D eigenvalue weighted by Gasteiger charge is 2.20. The Kier molecular flexibility index (Phi) is 3.51. The number of hydrogen-bond donors (Lipinski definition) is 0. The van der Waals surface area contributed by atoms with Crippen LogP contribution in [-0.2, 0) is 13.0 Å². The third kappa shape index (κ3) is 2.50. The first kappa shape index (κ1) is 12.6. The lowest BCUT2D eigenvalue weighted by atomic mass is 9.98. The van der Waals surface area contributed by atoms with E-state index < -0.39 is 0 Å². The van der Waals surface area contributed by atoms with Gasteiger partial charge in [0.1, 0.15) is 11.3 Å². The number of nitrogens with zero attached hydrogens (tertiary/aromatic N) is 4. The fourth-order valence-electron chi connectivity index (χ4n) is 3.15. The van der Waals surface area contributed by atoms with Crippen molar-refractivity contribution in [2.45, 2.75) is 32.7 Å². The van der Waals surface area contributed by atoms with Gasteiger partial charge in [-0.05, 0) is 44.5 Å². The van der Waals surface area contributed by atoms with Gasteiger partial charge in [0, 0.05) is 25.7 Å². The summed E-state index contributed by atoms with van der Waals surface area (Å²) in [6, 6.07) is 4.03. The normalized spacial score (nSPS) is 21.1. The molecule has 1 atom stereocenters. The molecule has 0 radical (unpaired) electrons. The van der Waals surface area contributed by atoms with Crippen LogP contribution < -0.4 is 0 Å². The van der Waals surface area contributed by atoms with Gasteiger partial charge in [0.25, 0.3) is 0 Å². The van der Waals surface area contributed by atoms with Crippen molar-refractivity contribution in [3.8, 4) is 0 Å². The second kappa shape index (κ2) is 5.29. The number of aromatic nitrogens is 3. The van der Waals surface area contributed by atoms with Crippen molar-refractivity contribution in [3.05, 3.63) is 24.2 Å². The number of fused-ring (bicyclic) bond motifs is 1. The van der Waals surface area contributed by atoms with Crippen molar-refractivity contribution in [2.75, 3.05) is 20.1 Å². The number of likely N-dealkylation sites (tertiary alicyclic amines) is 1. The molecule has 0 saturated carbocycles. The van der Waals surface area contributed by atoms with Gasteiger partial charge in [0.2, 0.25) is 0 Å². The fourth-order valence-corrected chi connectivity index (χ4v) is 3.15. The maximum absolute atomic E-state index is 4.70. The fraction of sp³-hybridized carbons (Fsp3) is 0.600. The number of piperidine rings is 1. The lowest BCUT2D eigenvalue weighted by molar-refractivity contribution is 0.194. The molecule has 19 heavy (non-hydrogen) atoms. The topological polar surface area (TPSA) is 34.0 Å². The zero-order chi connectivity index (χ0) is 13.2. The van der Waals surface area contributed by atoms with E-state index in [-0.39, 0.29) is 0 Å². The van der Waals surface area contributed by atoms with Crippen molar-refractivity contribution < 1.29 is 0 Å². The zero-order valence-electron chi connectivity index (χ0n) is 11.8. The van der Waals surface area contributed by atoms with Gasteiger partial charge in [-0.2, -0.15) is 0 Å². The molecule has 1 aliphatic rings. The minimum atomic E-state index is 0.725. The Hall–Kier alpha value is -1.42. The second-order valence-corrected chi connectivity index (χ2v) is 5.61. The predicted molar refractivity (Wildman–Crippen MR) is 77.1 cm³/mol. The van der Waals surface area contributed by atoms with Gasteiger partial charge < -0.3 is 9.47 Å². The third-order valence-electron chi connectivity index (χ3n) is 4.06. The van der Waals surface area contributed by atoms with Crippen LogP contribution in [0.5, 0.6) is 0 Å². The van der Waals surface area contributed by atoms with Crippen LogP contribution >= 0.6 is 0 Å². The van der Waals surface area contributed by atoms with Gasteiger partial charge >= 0.3 is 0 Å². The number of imidazole rings is 1. The molecular formula is C15H22N4. The van der Waals surface area contributed by atoms with Crippen molar-refractivity contribution in [2.24, 2.45) is 5.92 Å². The van der Waals surface area contributed by atoms with Gasteiger partial charge in [-0.1, -0.05) is 6.92 Å². The van der Waals surface area contributed by atoms with E-state index in [4.69, 9.17) is 4.98 Å².